The molecular weight excluding hydrogens is 815 g/mol. The molecule has 0 aliphatic heterocycles. The van der Waals surface area contributed by atoms with E-state index in [0.717, 1.165) is 0 Å². The lowest BCUT2D eigenvalue weighted by Crippen LogP contribution is -2.61. The summed E-state index contributed by atoms with van der Waals surface area (Å²) in [5.41, 5.74) is 5.67. The molecular formula is C45H67N7O11. The quantitative estimate of drug-likeness (QED) is 0.0829. The Kier molecular flexibility index (Phi) is 20.2. The van der Waals surface area contributed by atoms with Crippen LogP contribution in [0.2, 0.25) is 0 Å². The number of hydrogen-bond acceptors (Lipinski definition) is 12. The smallest absolute Gasteiger partial charge is 0.325 e. The van der Waals surface area contributed by atoms with E-state index < -0.39 is 120 Å². The molecule has 6 atom stereocenters. The SMILES string of the molecule is CC(C)[C@H](NC(=O)[C@H](CC(=O)OC(C)(C)C)NC(=O)[C@H](Cc1ccccc1)NC(=O)[C@@H](C)NC(=O)[C@@H](N)Cc1ccc(O)cc1)C(=O)N[C@H](C(=O)NCC(=O)OC(C)(C)C)C(C)C. The van der Waals surface area contributed by atoms with Gasteiger partial charge in [-0.15, -0.1) is 0 Å². The fourth-order valence-corrected chi connectivity index (χ4v) is 5.97. The molecule has 0 unspecified atom stereocenters. The number of aromatic hydroxyl groups is 1. The summed E-state index contributed by atoms with van der Waals surface area (Å²) in [5.74, 6) is -7.12. The van der Waals surface area contributed by atoms with Crippen molar-refractivity contribution in [3.05, 3.63) is 65.7 Å². The maximum atomic E-state index is 14.1. The highest BCUT2D eigenvalue weighted by Gasteiger charge is 2.36. The molecule has 0 spiro atoms. The minimum atomic E-state index is -1.62. The van der Waals surface area contributed by atoms with Crippen LogP contribution >= 0.6 is 0 Å². The van der Waals surface area contributed by atoms with Gasteiger partial charge in [0.15, 0.2) is 0 Å². The summed E-state index contributed by atoms with van der Waals surface area (Å²) in [6.45, 7) is 17.5. The largest absolute Gasteiger partial charge is 0.508 e. The second-order valence-electron chi connectivity index (χ2n) is 18.1. The van der Waals surface area contributed by atoms with E-state index in [9.17, 15) is 43.5 Å². The first-order chi connectivity index (χ1) is 29.1. The predicted octanol–water partition coefficient (Wildman–Crippen LogP) is 1.45. The summed E-state index contributed by atoms with van der Waals surface area (Å²) >= 11 is 0. The number of nitrogens with two attached hydrogens (primary N) is 1. The highest BCUT2D eigenvalue weighted by atomic mass is 16.6. The molecule has 18 heteroatoms. The van der Waals surface area contributed by atoms with Gasteiger partial charge in [-0.2, -0.15) is 0 Å². The Hall–Kier alpha value is -6.04. The van der Waals surface area contributed by atoms with E-state index in [2.05, 4.69) is 31.9 Å². The summed E-state index contributed by atoms with van der Waals surface area (Å²) in [5, 5.41) is 25.0. The van der Waals surface area contributed by atoms with Gasteiger partial charge in [-0.1, -0.05) is 70.2 Å². The maximum Gasteiger partial charge on any atom is 0.325 e. The van der Waals surface area contributed by atoms with Gasteiger partial charge in [0, 0.05) is 6.42 Å². The van der Waals surface area contributed by atoms with E-state index in [4.69, 9.17) is 15.2 Å². The molecule has 0 aromatic heterocycles. The summed E-state index contributed by atoms with van der Waals surface area (Å²) < 4.78 is 10.7. The van der Waals surface area contributed by atoms with Crippen molar-refractivity contribution in [1.82, 2.24) is 31.9 Å². The second kappa shape index (κ2) is 24.0. The average molecular weight is 882 g/mol. The van der Waals surface area contributed by atoms with Crippen LogP contribution in [0.25, 0.3) is 0 Å². The fourth-order valence-electron chi connectivity index (χ4n) is 5.97. The highest BCUT2D eigenvalue weighted by Crippen LogP contribution is 2.14. The topological polar surface area (TPSA) is 273 Å². The third-order valence-corrected chi connectivity index (χ3v) is 9.14. The Morgan fingerprint density at radius 2 is 1.03 bits per heavy atom. The van der Waals surface area contributed by atoms with E-state index in [-0.39, 0.29) is 18.6 Å². The van der Waals surface area contributed by atoms with Crippen LogP contribution in [0.3, 0.4) is 0 Å². The molecule has 0 aliphatic rings. The average Bonchev–Trinajstić information content (AvgIpc) is 3.16. The number of carbonyl (C=O) groups is 8. The van der Waals surface area contributed by atoms with E-state index in [1.807, 2.05) is 0 Å². The van der Waals surface area contributed by atoms with Gasteiger partial charge in [0.05, 0.1) is 12.5 Å². The first-order valence-electron chi connectivity index (χ1n) is 21.0. The summed E-state index contributed by atoms with van der Waals surface area (Å²) in [4.78, 5) is 107. The van der Waals surface area contributed by atoms with Crippen molar-refractivity contribution < 1.29 is 52.9 Å². The molecule has 0 bridgehead atoms. The molecule has 2 rings (SSSR count). The Bertz CT molecular complexity index is 1890. The summed E-state index contributed by atoms with van der Waals surface area (Å²) in [7, 11) is 0. The van der Waals surface area contributed by atoms with Gasteiger partial charge in [-0.3, -0.25) is 38.4 Å². The zero-order valence-corrected chi connectivity index (χ0v) is 38.3. The van der Waals surface area contributed by atoms with E-state index >= 15 is 0 Å². The van der Waals surface area contributed by atoms with Gasteiger partial charge < -0.3 is 52.2 Å². The van der Waals surface area contributed by atoms with Crippen molar-refractivity contribution in [3.63, 3.8) is 0 Å². The number of amides is 6. The molecule has 0 aliphatic carbocycles. The number of benzene rings is 2. The van der Waals surface area contributed by atoms with Crippen LogP contribution in [0.4, 0.5) is 0 Å². The molecule has 6 amide bonds. The molecule has 9 N–H and O–H groups in total. The molecule has 0 fully saturated rings. The Balaban J connectivity index is 2.34. The van der Waals surface area contributed by atoms with Crippen molar-refractivity contribution in [2.24, 2.45) is 17.6 Å². The Morgan fingerprint density at radius 1 is 0.556 bits per heavy atom. The number of phenols is 1. The fraction of sp³-hybridized carbons (Fsp3) is 0.556. The molecule has 63 heavy (non-hydrogen) atoms. The number of phenolic OH excluding ortho intramolecular Hbond substituents is 1. The summed E-state index contributed by atoms with van der Waals surface area (Å²) in [6, 6.07) is 7.22. The van der Waals surface area contributed by atoms with Crippen LogP contribution < -0.4 is 37.6 Å². The van der Waals surface area contributed by atoms with Gasteiger partial charge in [-0.05, 0) is 90.0 Å². The van der Waals surface area contributed by atoms with Gasteiger partial charge >= 0.3 is 11.9 Å². The minimum absolute atomic E-state index is 0.0492. The van der Waals surface area contributed by atoms with Gasteiger partial charge in [0.2, 0.25) is 35.4 Å². The normalized spacial score (nSPS) is 14.4. The zero-order chi connectivity index (χ0) is 47.8. The third kappa shape index (κ3) is 19.7. The lowest BCUT2D eigenvalue weighted by atomic mass is 9.99. The van der Waals surface area contributed by atoms with Crippen LogP contribution in [0.1, 0.15) is 93.7 Å². The lowest BCUT2D eigenvalue weighted by Gasteiger charge is -2.29. The van der Waals surface area contributed by atoms with Crippen molar-refractivity contribution in [2.75, 3.05) is 6.54 Å². The standard InChI is InChI=1S/C45H67N7O11/c1-25(2)36(42(60)47-24-35(55)63-45(9,10)11)52-43(61)37(26(3)4)51-41(59)33(23-34(54)62-44(6,7)8)50-40(58)32(22-28-15-13-12-14-16-28)49-38(56)27(5)48-39(57)31(46)21-29-17-19-30(53)20-18-29/h12-20,25-27,31-33,36-37,53H,21-24,46H2,1-11H3,(H,47,60)(H,48,57)(H,49,56)(H,50,58)(H,51,59)(H,52,61)/t27-,31+,32+,33+,36+,37+/m1/s1. The number of rotatable bonds is 21. The third-order valence-electron chi connectivity index (χ3n) is 9.14. The Morgan fingerprint density at radius 3 is 1.57 bits per heavy atom. The second-order valence-corrected chi connectivity index (χ2v) is 18.1. The monoisotopic (exact) mass is 881 g/mol. The lowest BCUT2D eigenvalue weighted by molar-refractivity contribution is -0.157. The van der Waals surface area contributed by atoms with Crippen LogP contribution in [0.5, 0.6) is 5.75 Å². The van der Waals surface area contributed by atoms with Gasteiger partial charge in [0.1, 0.15) is 53.7 Å². The van der Waals surface area contributed by atoms with E-state index in [1.54, 1.807) is 112 Å². The number of hydrogen-bond donors (Lipinski definition) is 8. The molecule has 0 radical (unpaired) electrons. The highest BCUT2D eigenvalue weighted by molar-refractivity contribution is 5.98. The van der Waals surface area contributed by atoms with Crippen molar-refractivity contribution in [3.8, 4) is 5.75 Å². The molecule has 2 aromatic carbocycles. The first-order valence-corrected chi connectivity index (χ1v) is 21.0. The minimum Gasteiger partial charge on any atom is -0.508 e. The number of nitrogens with one attached hydrogen (secondary N) is 6. The van der Waals surface area contributed by atoms with E-state index in [0.29, 0.717) is 11.1 Å². The van der Waals surface area contributed by atoms with Gasteiger partial charge in [0.25, 0.3) is 0 Å². The number of ether oxygens (including phenoxy) is 2. The molecule has 0 heterocycles. The van der Waals surface area contributed by atoms with Crippen molar-refractivity contribution in [2.45, 2.75) is 143 Å². The van der Waals surface area contributed by atoms with Gasteiger partial charge in [-0.25, -0.2) is 0 Å². The Labute approximate surface area is 369 Å². The predicted molar refractivity (Wildman–Crippen MR) is 234 cm³/mol. The molecule has 348 valence electrons. The van der Waals surface area contributed by atoms with E-state index in [1.165, 1.54) is 19.1 Å². The first kappa shape index (κ1) is 53.1. The molecule has 0 saturated carbocycles. The number of esters is 2. The summed E-state index contributed by atoms with van der Waals surface area (Å²) in [6.07, 6.45) is -0.617. The molecule has 0 saturated heterocycles. The van der Waals surface area contributed by atoms with Crippen LogP contribution in [0, 0.1) is 11.8 Å². The maximum absolute atomic E-state index is 14.1. The molecule has 2 aromatic rings. The van der Waals surface area contributed by atoms with Crippen molar-refractivity contribution in [1.29, 1.82) is 0 Å². The van der Waals surface area contributed by atoms with Crippen LogP contribution in [-0.2, 0) is 60.7 Å². The zero-order valence-electron chi connectivity index (χ0n) is 38.3. The van der Waals surface area contributed by atoms with Crippen molar-refractivity contribution >= 4 is 47.4 Å². The number of carbonyl (C=O) groups excluding carboxylic acids is 8. The molecule has 18 nitrogen and oxygen atoms in total. The van der Waals surface area contributed by atoms with Crippen LogP contribution in [0.15, 0.2) is 54.6 Å². The van der Waals surface area contributed by atoms with Crippen LogP contribution in [-0.4, -0.2) is 106 Å².